The molecule has 1 aliphatic heterocycles. The Balaban J connectivity index is 1.86. The van der Waals surface area contributed by atoms with Gasteiger partial charge in [0.15, 0.2) is 0 Å². The first-order valence-corrected chi connectivity index (χ1v) is 6.64. The standard InChI is InChI=1S/C14H20O3/c1-13(2)16-11-9-14(6-4-3-5-7-14)8-10(15)12(11)17-13/h3-9H2,1-2H3. The van der Waals surface area contributed by atoms with Crippen molar-refractivity contribution in [2.24, 2.45) is 5.41 Å². The summed E-state index contributed by atoms with van der Waals surface area (Å²) in [6.45, 7) is 3.73. The summed E-state index contributed by atoms with van der Waals surface area (Å²) in [5.41, 5.74) is 0.179. The summed E-state index contributed by atoms with van der Waals surface area (Å²) in [6.07, 6.45) is 7.70. The van der Waals surface area contributed by atoms with Gasteiger partial charge in [-0.1, -0.05) is 19.3 Å². The first-order valence-electron chi connectivity index (χ1n) is 6.64. The quantitative estimate of drug-likeness (QED) is 0.647. The molecule has 94 valence electrons. The van der Waals surface area contributed by atoms with Crippen LogP contribution >= 0.6 is 0 Å². The van der Waals surface area contributed by atoms with Crippen LogP contribution in [0.5, 0.6) is 0 Å². The van der Waals surface area contributed by atoms with Gasteiger partial charge in [0.25, 0.3) is 0 Å². The van der Waals surface area contributed by atoms with E-state index in [1.54, 1.807) is 0 Å². The number of carbonyl (C=O) groups is 1. The van der Waals surface area contributed by atoms with E-state index in [4.69, 9.17) is 9.47 Å². The molecule has 1 saturated carbocycles. The van der Waals surface area contributed by atoms with Crippen molar-refractivity contribution in [3.8, 4) is 0 Å². The summed E-state index contributed by atoms with van der Waals surface area (Å²) in [5, 5.41) is 0. The van der Waals surface area contributed by atoms with Crippen LogP contribution in [-0.2, 0) is 14.3 Å². The van der Waals surface area contributed by atoms with Crippen molar-refractivity contribution in [3.63, 3.8) is 0 Å². The third kappa shape index (κ3) is 1.85. The van der Waals surface area contributed by atoms with E-state index in [1.807, 2.05) is 13.8 Å². The first kappa shape index (κ1) is 11.1. The van der Waals surface area contributed by atoms with Gasteiger partial charge in [-0.15, -0.1) is 0 Å². The molecule has 0 atom stereocenters. The molecule has 17 heavy (non-hydrogen) atoms. The fourth-order valence-corrected chi connectivity index (χ4v) is 3.47. The van der Waals surface area contributed by atoms with E-state index in [2.05, 4.69) is 0 Å². The van der Waals surface area contributed by atoms with E-state index in [-0.39, 0.29) is 11.2 Å². The topological polar surface area (TPSA) is 35.5 Å². The molecular formula is C14H20O3. The molecule has 2 aliphatic carbocycles. The second kappa shape index (κ2) is 3.50. The Kier molecular flexibility index (Phi) is 2.29. The summed E-state index contributed by atoms with van der Waals surface area (Å²) >= 11 is 0. The van der Waals surface area contributed by atoms with Gasteiger partial charge < -0.3 is 9.47 Å². The summed E-state index contributed by atoms with van der Waals surface area (Å²) in [6, 6.07) is 0. The fraction of sp³-hybridized carbons (Fsp3) is 0.786. The van der Waals surface area contributed by atoms with E-state index in [0.717, 1.165) is 12.2 Å². The molecule has 0 bridgehead atoms. The summed E-state index contributed by atoms with van der Waals surface area (Å²) in [4.78, 5) is 12.2. The Morgan fingerprint density at radius 1 is 1.00 bits per heavy atom. The van der Waals surface area contributed by atoms with E-state index in [0.29, 0.717) is 12.2 Å². The Labute approximate surface area is 102 Å². The van der Waals surface area contributed by atoms with Crippen LogP contribution in [0.25, 0.3) is 0 Å². The molecule has 0 saturated heterocycles. The minimum atomic E-state index is -0.652. The average Bonchev–Trinajstić information content (AvgIpc) is 2.54. The van der Waals surface area contributed by atoms with E-state index < -0.39 is 5.79 Å². The SMILES string of the molecule is CC1(C)OC2=C(O1)C(=O)CC1(CCCCC1)C2. The van der Waals surface area contributed by atoms with Gasteiger partial charge in [0.05, 0.1) is 0 Å². The molecule has 0 N–H and O–H groups in total. The Morgan fingerprint density at radius 3 is 2.41 bits per heavy atom. The van der Waals surface area contributed by atoms with E-state index in [9.17, 15) is 4.79 Å². The van der Waals surface area contributed by atoms with Crippen LogP contribution in [0.3, 0.4) is 0 Å². The van der Waals surface area contributed by atoms with Crippen LogP contribution in [0.1, 0.15) is 58.8 Å². The number of hydrogen-bond acceptors (Lipinski definition) is 3. The van der Waals surface area contributed by atoms with Gasteiger partial charge in [0, 0.05) is 26.7 Å². The van der Waals surface area contributed by atoms with Crippen molar-refractivity contribution in [3.05, 3.63) is 11.5 Å². The van der Waals surface area contributed by atoms with Crippen molar-refractivity contribution in [2.75, 3.05) is 0 Å². The lowest BCUT2D eigenvalue weighted by Gasteiger charge is -2.38. The smallest absolute Gasteiger partial charge is 0.245 e. The van der Waals surface area contributed by atoms with Gasteiger partial charge >= 0.3 is 0 Å². The van der Waals surface area contributed by atoms with Crippen molar-refractivity contribution in [1.82, 2.24) is 0 Å². The number of Topliss-reactive ketones (excluding diaryl/α,β-unsaturated/α-hetero) is 1. The van der Waals surface area contributed by atoms with Gasteiger partial charge in [-0.2, -0.15) is 0 Å². The van der Waals surface area contributed by atoms with Gasteiger partial charge in [0.2, 0.25) is 17.3 Å². The van der Waals surface area contributed by atoms with Crippen LogP contribution in [0.2, 0.25) is 0 Å². The highest BCUT2D eigenvalue weighted by Gasteiger charge is 2.48. The van der Waals surface area contributed by atoms with Crippen molar-refractivity contribution < 1.29 is 14.3 Å². The lowest BCUT2D eigenvalue weighted by atomic mass is 9.66. The second-order valence-corrected chi connectivity index (χ2v) is 6.19. The maximum Gasteiger partial charge on any atom is 0.245 e. The molecule has 0 unspecified atom stereocenters. The van der Waals surface area contributed by atoms with Crippen molar-refractivity contribution in [1.29, 1.82) is 0 Å². The maximum absolute atomic E-state index is 12.2. The zero-order valence-corrected chi connectivity index (χ0v) is 10.7. The first-order chi connectivity index (χ1) is 8.00. The number of allylic oxidation sites excluding steroid dienone is 2. The second-order valence-electron chi connectivity index (χ2n) is 6.19. The molecule has 3 nitrogen and oxygen atoms in total. The van der Waals surface area contributed by atoms with E-state index >= 15 is 0 Å². The largest absolute Gasteiger partial charge is 0.453 e. The Hall–Kier alpha value is -0.990. The van der Waals surface area contributed by atoms with Crippen LogP contribution in [0, 0.1) is 5.41 Å². The van der Waals surface area contributed by atoms with Gasteiger partial charge in [-0.25, -0.2) is 0 Å². The predicted molar refractivity (Wildman–Crippen MR) is 63.0 cm³/mol. The highest BCUT2D eigenvalue weighted by atomic mass is 16.7. The summed E-state index contributed by atoms with van der Waals surface area (Å²) in [5.74, 6) is 0.818. The zero-order valence-electron chi connectivity index (χ0n) is 10.7. The highest BCUT2D eigenvalue weighted by Crippen LogP contribution is 2.51. The van der Waals surface area contributed by atoms with Crippen LogP contribution in [0.15, 0.2) is 11.5 Å². The molecule has 0 aromatic heterocycles. The Morgan fingerprint density at radius 2 is 1.71 bits per heavy atom. The zero-order chi connectivity index (χ0) is 12.1. The van der Waals surface area contributed by atoms with Gasteiger partial charge in [0.1, 0.15) is 5.76 Å². The number of carbonyl (C=O) groups excluding carboxylic acids is 1. The predicted octanol–water partition coefficient (Wildman–Crippen LogP) is 3.29. The monoisotopic (exact) mass is 236 g/mol. The normalized spacial score (nSPS) is 29.9. The third-order valence-corrected chi connectivity index (χ3v) is 4.21. The van der Waals surface area contributed by atoms with Crippen LogP contribution in [-0.4, -0.2) is 11.6 Å². The molecule has 0 radical (unpaired) electrons. The number of hydrogen-bond donors (Lipinski definition) is 0. The lowest BCUT2D eigenvalue weighted by Crippen LogP contribution is -2.32. The summed E-state index contributed by atoms with van der Waals surface area (Å²) in [7, 11) is 0. The number of ether oxygens (including phenoxy) is 2. The molecule has 0 aromatic carbocycles. The molecule has 1 heterocycles. The Bertz CT molecular complexity index is 386. The van der Waals surface area contributed by atoms with E-state index in [1.165, 1.54) is 32.1 Å². The molecular weight excluding hydrogens is 216 g/mol. The van der Waals surface area contributed by atoms with Gasteiger partial charge in [-0.05, 0) is 18.3 Å². The molecule has 0 amide bonds. The molecule has 3 rings (SSSR count). The van der Waals surface area contributed by atoms with Crippen molar-refractivity contribution >= 4 is 5.78 Å². The molecule has 3 aliphatic rings. The maximum atomic E-state index is 12.2. The van der Waals surface area contributed by atoms with Crippen molar-refractivity contribution in [2.45, 2.75) is 64.6 Å². The molecule has 1 spiro atoms. The lowest BCUT2D eigenvalue weighted by molar-refractivity contribution is -0.136. The molecule has 0 aromatic rings. The highest BCUT2D eigenvalue weighted by molar-refractivity contribution is 5.95. The summed E-state index contributed by atoms with van der Waals surface area (Å²) < 4.78 is 11.4. The average molecular weight is 236 g/mol. The molecule has 1 fully saturated rings. The van der Waals surface area contributed by atoms with Crippen LogP contribution < -0.4 is 0 Å². The minimum absolute atomic E-state index is 0.152. The van der Waals surface area contributed by atoms with Gasteiger partial charge in [-0.3, -0.25) is 4.79 Å². The van der Waals surface area contributed by atoms with Crippen LogP contribution in [0.4, 0.5) is 0 Å². The fourth-order valence-electron chi connectivity index (χ4n) is 3.47. The number of ketones is 1. The molecule has 3 heteroatoms. The number of rotatable bonds is 0. The minimum Gasteiger partial charge on any atom is -0.453 e. The third-order valence-electron chi connectivity index (χ3n) is 4.21.